The first kappa shape index (κ1) is 11.3. The van der Waals surface area contributed by atoms with E-state index in [1.54, 1.807) is 0 Å². The first-order valence-electron chi connectivity index (χ1n) is 5.51. The molecule has 1 atom stereocenters. The Balaban J connectivity index is 2.17. The van der Waals surface area contributed by atoms with Gasteiger partial charge in [0.25, 0.3) is 0 Å². The highest BCUT2D eigenvalue weighted by atomic mass is 16.5. The Morgan fingerprint density at radius 2 is 2.29 bits per heavy atom. The van der Waals surface area contributed by atoms with Crippen LogP contribution in [0.25, 0.3) is 0 Å². The van der Waals surface area contributed by atoms with Crippen molar-refractivity contribution in [3.05, 3.63) is 12.2 Å². The molecule has 0 aromatic carbocycles. The summed E-state index contributed by atoms with van der Waals surface area (Å²) < 4.78 is 5.22. The van der Waals surface area contributed by atoms with Crippen LogP contribution in [0.5, 0.6) is 0 Å². The van der Waals surface area contributed by atoms with Gasteiger partial charge in [0.05, 0.1) is 12.5 Å². The monoisotopic (exact) mass is 196 g/mol. The second-order valence-corrected chi connectivity index (χ2v) is 4.33. The van der Waals surface area contributed by atoms with Gasteiger partial charge in [-0.25, -0.2) is 0 Å². The maximum Gasteiger partial charge on any atom is 0.309 e. The van der Waals surface area contributed by atoms with E-state index in [0.717, 1.165) is 25.7 Å². The molecule has 14 heavy (non-hydrogen) atoms. The number of carbonyl (C=O) groups is 1. The molecule has 1 unspecified atom stereocenters. The number of hydrogen-bond acceptors (Lipinski definition) is 2. The fourth-order valence-corrected chi connectivity index (χ4v) is 1.52. The lowest BCUT2D eigenvalue weighted by Crippen LogP contribution is -2.19. The topological polar surface area (TPSA) is 26.3 Å². The Morgan fingerprint density at radius 1 is 1.50 bits per heavy atom. The molecule has 1 aliphatic rings. The molecule has 0 bridgehead atoms. The molecule has 1 rings (SSSR count). The van der Waals surface area contributed by atoms with Crippen molar-refractivity contribution in [1.82, 2.24) is 0 Å². The van der Waals surface area contributed by atoms with Crippen molar-refractivity contribution < 1.29 is 9.53 Å². The van der Waals surface area contributed by atoms with Crippen molar-refractivity contribution in [3.63, 3.8) is 0 Å². The van der Waals surface area contributed by atoms with E-state index in [-0.39, 0.29) is 11.9 Å². The Hall–Kier alpha value is -0.790. The van der Waals surface area contributed by atoms with E-state index < -0.39 is 0 Å². The molecule has 0 aromatic rings. The molecule has 0 fully saturated rings. The minimum Gasteiger partial charge on any atom is -0.465 e. The first-order valence-corrected chi connectivity index (χ1v) is 5.51. The van der Waals surface area contributed by atoms with Crippen LogP contribution in [0, 0.1) is 11.8 Å². The summed E-state index contributed by atoms with van der Waals surface area (Å²) in [6, 6.07) is 0. The number of allylic oxidation sites excluding steroid dienone is 2. The third kappa shape index (κ3) is 3.95. The van der Waals surface area contributed by atoms with Gasteiger partial charge in [-0.3, -0.25) is 4.79 Å². The van der Waals surface area contributed by atoms with Gasteiger partial charge in [-0.2, -0.15) is 0 Å². The molecule has 0 saturated heterocycles. The number of carbonyl (C=O) groups excluding carboxylic acids is 1. The van der Waals surface area contributed by atoms with Crippen molar-refractivity contribution in [2.24, 2.45) is 11.8 Å². The largest absolute Gasteiger partial charge is 0.465 e. The summed E-state index contributed by atoms with van der Waals surface area (Å²) in [6.45, 7) is 4.85. The van der Waals surface area contributed by atoms with E-state index in [0.29, 0.717) is 12.5 Å². The molecular weight excluding hydrogens is 176 g/mol. The van der Waals surface area contributed by atoms with Crippen LogP contribution in [0.1, 0.15) is 39.5 Å². The number of hydrogen-bond donors (Lipinski definition) is 0. The predicted octanol–water partition coefficient (Wildman–Crippen LogP) is 2.93. The van der Waals surface area contributed by atoms with Crippen LogP contribution in [-0.4, -0.2) is 12.6 Å². The van der Waals surface area contributed by atoms with Crippen molar-refractivity contribution in [2.45, 2.75) is 39.5 Å². The molecule has 0 aliphatic heterocycles. The molecular formula is C12H20O2. The number of esters is 1. The summed E-state index contributed by atoms with van der Waals surface area (Å²) in [5, 5.41) is 0. The van der Waals surface area contributed by atoms with Gasteiger partial charge in [0.1, 0.15) is 0 Å². The molecule has 0 heterocycles. The minimum absolute atomic E-state index is 0.00463. The van der Waals surface area contributed by atoms with Gasteiger partial charge in [0, 0.05) is 0 Å². The highest BCUT2D eigenvalue weighted by Gasteiger charge is 2.19. The molecule has 1 aliphatic carbocycles. The first-order chi connectivity index (χ1) is 6.70. The third-order valence-corrected chi connectivity index (χ3v) is 2.54. The summed E-state index contributed by atoms with van der Waals surface area (Å²) >= 11 is 0. The normalized spacial score (nSPS) is 21.2. The highest BCUT2D eigenvalue weighted by molar-refractivity contribution is 5.72. The van der Waals surface area contributed by atoms with Gasteiger partial charge in [-0.15, -0.1) is 0 Å². The van der Waals surface area contributed by atoms with E-state index in [4.69, 9.17) is 4.74 Å². The van der Waals surface area contributed by atoms with E-state index in [1.807, 2.05) is 0 Å². The van der Waals surface area contributed by atoms with E-state index in [1.165, 1.54) is 0 Å². The zero-order valence-corrected chi connectivity index (χ0v) is 9.16. The van der Waals surface area contributed by atoms with Crippen LogP contribution >= 0.6 is 0 Å². The van der Waals surface area contributed by atoms with Gasteiger partial charge in [-0.05, 0) is 31.6 Å². The Morgan fingerprint density at radius 3 is 2.86 bits per heavy atom. The van der Waals surface area contributed by atoms with Crippen LogP contribution in [0.4, 0.5) is 0 Å². The van der Waals surface area contributed by atoms with Crippen LogP contribution in [0.15, 0.2) is 12.2 Å². The number of ether oxygens (including phenoxy) is 1. The maximum absolute atomic E-state index is 11.5. The summed E-state index contributed by atoms with van der Waals surface area (Å²) in [7, 11) is 0. The van der Waals surface area contributed by atoms with Crippen LogP contribution < -0.4 is 0 Å². The van der Waals surface area contributed by atoms with Gasteiger partial charge < -0.3 is 4.74 Å². The van der Waals surface area contributed by atoms with E-state index in [2.05, 4.69) is 26.0 Å². The minimum atomic E-state index is -0.00463. The van der Waals surface area contributed by atoms with Crippen LogP contribution in [0.3, 0.4) is 0 Å². The standard InChI is InChI=1S/C12H20O2/c1-10(2)8-9-14-12(13)11-6-4-3-5-7-11/h3-4,10-11H,5-9H2,1-2H3. The predicted molar refractivity (Wildman–Crippen MR) is 56.9 cm³/mol. The highest BCUT2D eigenvalue weighted by Crippen LogP contribution is 2.19. The fourth-order valence-electron chi connectivity index (χ4n) is 1.52. The Labute approximate surface area is 86.3 Å². The Kier molecular flexibility index (Phi) is 4.71. The van der Waals surface area contributed by atoms with Gasteiger partial charge in [0.2, 0.25) is 0 Å². The quantitative estimate of drug-likeness (QED) is 0.510. The van der Waals surface area contributed by atoms with Crippen LogP contribution in [-0.2, 0) is 9.53 Å². The lowest BCUT2D eigenvalue weighted by Gasteiger charge is -2.16. The zero-order chi connectivity index (χ0) is 10.4. The molecule has 0 saturated carbocycles. The average Bonchev–Trinajstić information content (AvgIpc) is 2.18. The van der Waals surface area contributed by atoms with Crippen molar-refractivity contribution in [3.8, 4) is 0 Å². The average molecular weight is 196 g/mol. The molecule has 2 heteroatoms. The smallest absolute Gasteiger partial charge is 0.309 e. The third-order valence-electron chi connectivity index (χ3n) is 2.54. The second-order valence-electron chi connectivity index (χ2n) is 4.33. The second kappa shape index (κ2) is 5.84. The van der Waals surface area contributed by atoms with Gasteiger partial charge in [0.15, 0.2) is 0 Å². The van der Waals surface area contributed by atoms with Crippen LogP contribution in [0.2, 0.25) is 0 Å². The summed E-state index contributed by atoms with van der Waals surface area (Å²) in [6.07, 6.45) is 8.02. The van der Waals surface area contributed by atoms with Gasteiger partial charge in [-0.1, -0.05) is 26.0 Å². The SMILES string of the molecule is CC(C)CCOC(=O)C1CC=CCC1. The molecule has 80 valence electrons. The lowest BCUT2D eigenvalue weighted by molar-refractivity contribution is -0.149. The van der Waals surface area contributed by atoms with E-state index in [9.17, 15) is 4.79 Å². The Bertz CT molecular complexity index is 206. The maximum atomic E-state index is 11.5. The zero-order valence-electron chi connectivity index (χ0n) is 9.16. The summed E-state index contributed by atoms with van der Waals surface area (Å²) in [5.74, 6) is 0.719. The van der Waals surface area contributed by atoms with Gasteiger partial charge >= 0.3 is 5.97 Å². The van der Waals surface area contributed by atoms with Crippen molar-refractivity contribution in [2.75, 3.05) is 6.61 Å². The van der Waals surface area contributed by atoms with E-state index >= 15 is 0 Å². The molecule has 0 aromatic heterocycles. The number of rotatable bonds is 4. The molecule has 0 amide bonds. The molecule has 0 N–H and O–H groups in total. The fraction of sp³-hybridized carbons (Fsp3) is 0.750. The molecule has 0 radical (unpaired) electrons. The van der Waals surface area contributed by atoms with Crippen molar-refractivity contribution in [1.29, 1.82) is 0 Å². The summed E-state index contributed by atoms with van der Waals surface area (Å²) in [5.41, 5.74) is 0. The van der Waals surface area contributed by atoms with Crippen molar-refractivity contribution >= 4 is 5.97 Å². The molecule has 0 spiro atoms. The molecule has 2 nitrogen and oxygen atoms in total. The summed E-state index contributed by atoms with van der Waals surface area (Å²) in [4.78, 5) is 11.5. The lowest BCUT2D eigenvalue weighted by atomic mass is 9.95.